The molecule has 4 nitrogen and oxygen atoms in total. The summed E-state index contributed by atoms with van der Waals surface area (Å²) < 4.78 is 75.5. The molecule has 1 rings (SSSR count). The third-order valence-corrected chi connectivity index (χ3v) is 2.85. The van der Waals surface area contributed by atoms with Crippen molar-refractivity contribution in [3.05, 3.63) is 34.9 Å². The Morgan fingerprint density at radius 1 is 0.846 bits per heavy atom. The number of hydrogen-bond donors (Lipinski definition) is 4. The van der Waals surface area contributed by atoms with Crippen molar-refractivity contribution in [2.45, 2.75) is 32.1 Å². The first-order valence-electron chi connectivity index (χ1n) is 7.90. The number of benzene rings is 1. The summed E-state index contributed by atoms with van der Waals surface area (Å²) >= 11 is 0. The van der Waals surface area contributed by atoms with Crippen molar-refractivity contribution in [1.82, 2.24) is 5.32 Å². The van der Waals surface area contributed by atoms with E-state index >= 15 is 0 Å². The molecule has 0 aliphatic carbocycles. The van der Waals surface area contributed by atoms with Crippen LogP contribution in [0.25, 0.3) is 0 Å². The fourth-order valence-corrected chi connectivity index (χ4v) is 1.62. The monoisotopic (exact) mass is 391 g/mol. The number of nitrogens with one attached hydrogen (secondary N) is 1. The molecule has 0 fully saturated rings. The molecule has 0 saturated carbocycles. The van der Waals surface area contributed by atoms with E-state index in [1.165, 1.54) is 0 Å². The molecule has 0 saturated heterocycles. The highest BCUT2D eigenvalue weighted by molar-refractivity contribution is 5.33. The van der Waals surface area contributed by atoms with Gasteiger partial charge in [0.15, 0.2) is 0 Å². The fourth-order valence-electron chi connectivity index (χ4n) is 1.62. The van der Waals surface area contributed by atoms with E-state index in [0.29, 0.717) is 13.1 Å². The Morgan fingerprint density at radius 2 is 1.27 bits per heavy atom. The molecule has 10 heteroatoms. The standard InChI is InChI=1S/C12H14F6N2.C3H9N.CH4O/c13-11(14,15)9-5-8(1-3-20-4-2-19)6-10(7-9)12(16,17)18;1-2-3-4;1-2/h5-7,20H,1-4,19H2;2-4H2,1H3;2H,1H3. The van der Waals surface area contributed by atoms with Crippen molar-refractivity contribution >= 4 is 0 Å². The lowest BCUT2D eigenvalue weighted by Gasteiger charge is -2.14. The van der Waals surface area contributed by atoms with E-state index in [4.69, 9.17) is 16.6 Å². The molecule has 0 heterocycles. The van der Waals surface area contributed by atoms with Crippen molar-refractivity contribution < 1.29 is 31.4 Å². The fraction of sp³-hybridized carbons (Fsp3) is 0.625. The molecule has 0 bridgehead atoms. The summed E-state index contributed by atoms with van der Waals surface area (Å²) in [5.74, 6) is 0. The number of aliphatic hydroxyl groups is 1. The van der Waals surface area contributed by atoms with Crippen molar-refractivity contribution in [2.24, 2.45) is 11.5 Å². The third kappa shape index (κ3) is 12.1. The van der Waals surface area contributed by atoms with Crippen LogP contribution in [0.1, 0.15) is 30.0 Å². The molecule has 6 N–H and O–H groups in total. The molecule has 0 atom stereocenters. The van der Waals surface area contributed by atoms with Gasteiger partial charge in [0.05, 0.1) is 11.1 Å². The Kier molecular flexibility index (Phi) is 14.3. The van der Waals surface area contributed by atoms with Crippen LogP contribution in [0.15, 0.2) is 18.2 Å². The Hall–Kier alpha value is -1.36. The summed E-state index contributed by atoms with van der Waals surface area (Å²) in [5, 5.41) is 9.81. The van der Waals surface area contributed by atoms with Crippen LogP contribution < -0.4 is 16.8 Å². The Bertz CT molecular complexity index is 444. The molecule has 0 amide bonds. The summed E-state index contributed by atoms with van der Waals surface area (Å²) in [6.07, 6.45) is -8.45. The van der Waals surface area contributed by atoms with Crippen LogP contribution in [0, 0.1) is 0 Å². The van der Waals surface area contributed by atoms with Gasteiger partial charge in [-0.2, -0.15) is 26.3 Å². The van der Waals surface area contributed by atoms with Crippen LogP contribution >= 0.6 is 0 Å². The highest BCUT2D eigenvalue weighted by atomic mass is 19.4. The van der Waals surface area contributed by atoms with Gasteiger partial charge in [-0.15, -0.1) is 0 Å². The largest absolute Gasteiger partial charge is 0.416 e. The van der Waals surface area contributed by atoms with Crippen LogP contribution in [0.3, 0.4) is 0 Å². The maximum absolute atomic E-state index is 12.6. The Balaban J connectivity index is 0. The highest BCUT2D eigenvalue weighted by Crippen LogP contribution is 2.36. The van der Waals surface area contributed by atoms with Gasteiger partial charge in [-0.3, -0.25) is 0 Å². The number of rotatable bonds is 6. The highest BCUT2D eigenvalue weighted by Gasteiger charge is 2.36. The average molecular weight is 391 g/mol. The number of alkyl halides is 6. The molecular weight excluding hydrogens is 364 g/mol. The van der Waals surface area contributed by atoms with Gasteiger partial charge in [0.2, 0.25) is 0 Å². The van der Waals surface area contributed by atoms with Crippen molar-refractivity contribution in [1.29, 1.82) is 0 Å². The van der Waals surface area contributed by atoms with E-state index in [0.717, 1.165) is 32.2 Å². The number of nitrogens with two attached hydrogens (primary N) is 2. The molecule has 1 aromatic rings. The minimum atomic E-state index is -4.80. The van der Waals surface area contributed by atoms with Crippen LogP contribution in [0.4, 0.5) is 26.3 Å². The molecule has 0 aromatic heterocycles. The zero-order valence-corrected chi connectivity index (χ0v) is 14.8. The van der Waals surface area contributed by atoms with Gasteiger partial charge < -0.3 is 21.9 Å². The number of halogens is 6. The van der Waals surface area contributed by atoms with E-state index < -0.39 is 23.5 Å². The van der Waals surface area contributed by atoms with Gasteiger partial charge in [0.25, 0.3) is 0 Å². The first-order valence-corrected chi connectivity index (χ1v) is 7.90. The average Bonchev–Trinajstić information content (AvgIpc) is 2.59. The normalized spacial score (nSPS) is 11.2. The van der Waals surface area contributed by atoms with Crippen LogP contribution in [0.5, 0.6) is 0 Å². The smallest absolute Gasteiger partial charge is 0.400 e. The second kappa shape index (κ2) is 13.8. The zero-order valence-electron chi connectivity index (χ0n) is 14.8. The topological polar surface area (TPSA) is 84.3 Å². The van der Waals surface area contributed by atoms with Crippen LogP contribution in [-0.2, 0) is 18.8 Å². The molecule has 0 aliphatic heterocycles. The van der Waals surface area contributed by atoms with Crippen molar-refractivity contribution in [3.63, 3.8) is 0 Å². The Labute approximate surface area is 149 Å². The van der Waals surface area contributed by atoms with Gasteiger partial charge in [0.1, 0.15) is 0 Å². The first kappa shape index (κ1) is 26.9. The first-order chi connectivity index (χ1) is 12.1. The molecule has 0 unspecified atom stereocenters. The van der Waals surface area contributed by atoms with Gasteiger partial charge in [-0.1, -0.05) is 6.92 Å². The third-order valence-electron chi connectivity index (χ3n) is 2.85. The predicted octanol–water partition coefficient (Wildman–Crippen LogP) is 2.78. The second-order valence-electron chi connectivity index (χ2n) is 4.99. The molecule has 154 valence electrons. The predicted molar refractivity (Wildman–Crippen MR) is 89.6 cm³/mol. The Morgan fingerprint density at radius 3 is 1.58 bits per heavy atom. The zero-order chi connectivity index (χ0) is 20.8. The van der Waals surface area contributed by atoms with Gasteiger partial charge >= 0.3 is 12.4 Å². The quantitative estimate of drug-likeness (QED) is 0.444. The van der Waals surface area contributed by atoms with Crippen LogP contribution in [0.2, 0.25) is 0 Å². The summed E-state index contributed by atoms with van der Waals surface area (Å²) in [7, 11) is 1.00. The van der Waals surface area contributed by atoms with Gasteiger partial charge in [0, 0.05) is 20.2 Å². The van der Waals surface area contributed by atoms with E-state index in [-0.39, 0.29) is 24.6 Å². The van der Waals surface area contributed by atoms with E-state index in [2.05, 4.69) is 12.2 Å². The van der Waals surface area contributed by atoms with Crippen LogP contribution in [-0.4, -0.2) is 38.4 Å². The van der Waals surface area contributed by atoms with E-state index in [1.807, 2.05) is 0 Å². The summed E-state index contributed by atoms with van der Waals surface area (Å²) in [4.78, 5) is 0. The molecule has 1 aromatic carbocycles. The minimum Gasteiger partial charge on any atom is -0.400 e. The van der Waals surface area contributed by atoms with E-state index in [1.54, 1.807) is 0 Å². The van der Waals surface area contributed by atoms with Gasteiger partial charge in [-0.25, -0.2) is 0 Å². The molecule has 0 spiro atoms. The lowest BCUT2D eigenvalue weighted by molar-refractivity contribution is -0.143. The second-order valence-corrected chi connectivity index (χ2v) is 4.99. The molecule has 0 aliphatic rings. The minimum absolute atomic E-state index is 0.0170. The SMILES string of the molecule is CCCN.CO.NCCNCCc1cc(C(F)(F)F)cc(C(F)(F)F)c1. The lowest BCUT2D eigenvalue weighted by Crippen LogP contribution is -2.24. The van der Waals surface area contributed by atoms with Crippen molar-refractivity contribution in [2.75, 3.05) is 33.3 Å². The lowest BCUT2D eigenvalue weighted by atomic mass is 10.0. The maximum Gasteiger partial charge on any atom is 0.416 e. The van der Waals surface area contributed by atoms with Crippen molar-refractivity contribution in [3.8, 4) is 0 Å². The van der Waals surface area contributed by atoms with Gasteiger partial charge in [-0.05, 0) is 49.7 Å². The summed E-state index contributed by atoms with van der Waals surface area (Å²) in [6.45, 7) is 3.93. The van der Waals surface area contributed by atoms with E-state index in [9.17, 15) is 26.3 Å². The number of hydrogen-bond acceptors (Lipinski definition) is 4. The molecule has 26 heavy (non-hydrogen) atoms. The molecule has 0 radical (unpaired) electrons. The summed E-state index contributed by atoms with van der Waals surface area (Å²) in [6, 6.07) is 1.59. The number of aliphatic hydroxyl groups excluding tert-OH is 1. The summed E-state index contributed by atoms with van der Waals surface area (Å²) in [5.41, 5.74) is 7.64. The maximum atomic E-state index is 12.6. The molecular formula is C16H27F6N3O.